The van der Waals surface area contributed by atoms with Gasteiger partial charge in [0.25, 0.3) is 20.2 Å². The normalized spacial score (nSPS) is 23.3. The lowest BCUT2D eigenvalue weighted by atomic mass is 10.2. The predicted octanol–water partition coefficient (Wildman–Crippen LogP) is -0.0256. The zero-order valence-electron chi connectivity index (χ0n) is 6.86. The summed E-state index contributed by atoms with van der Waals surface area (Å²) in [7, 11) is -8.71. The Morgan fingerprint density at radius 2 is 1.79 bits per heavy atom. The molecule has 0 aromatic rings. The molecule has 0 aromatic carbocycles. The van der Waals surface area contributed by atoms with E-state index in [0.29, 0.717) is 0 Å². The number of hydrogen-bond acceptors (Lipinski definition) is 4. The van der Waals surface area contributed by atoms with E-state index in [1.807, 2.05) is 0 Å². The van der Waals surface area contributed by atoms with Gasteiger partial charge >= 0.3 is 0 Å². The van der Waals surface area contributed by atoms with E-state index in [-0.39, 0.29) is 0 Å². The third-order valence-electron chi connectivity index (χ3n) is 1.72. The fourth-order valence-corrected chi connectivity index (χ4v) is 2.44. The fraction of sp³-hybridized carbons (Fsp3) is 0.333. The standard InChI is InChI=1S/C6H8O6S2/c7-13(8,9)5-2-1-3-6(4-5)14(10,11)12/h1-3,5H,4H2,(H,7,8,9)(H,10,11,12). The van der Waals surface area contributed by atoms with Crippen LogP contribution < -0.4 is 0 Å². The third-order valence-corrected chi connectivity index (χ3v) is 3.78. The van der Waals surface area contributed by atoms with Gasteiger partial charge in [0.1, 0.15) is 5.25 Å². The van der Waals surface area contributed by atoms with E-state index in [0.717, 1.165) is 18.2 Å². The molecule has 2 N–H and O–H groups in total. The Kier molecular flexibility index (Phi) is 2.81. The zero-order chi connectivity index (χ0) is 11.0. The van der Waals surface area contributed by atoms with Crippen molar-refractivity contribution in [2.45, 2.75) is 11.7 Å². The van der Waals surface area contributed by atoms with Crippen molar-refractivity contribution in [3.05, 3.63) is 23.1 Å². The highest BCUT2D eigenvalue weighted by Gasteiger charge is 2.27. The van der Waals surface area contributed by atoms with E-state index >= 15 is 0 Å². The quantitative estimate of drug-likeness (QED) is 0.656. The number of allylic oxidation sites excluding steroid dienone is 3. The molecule has 14 heavy (non-hydrogen) atoms. The maximum atomic E-state index is 10.7. The molecule has 1 rings (SSSR count). The van der Waals surface area contributed by atoms with Crippen LogP contribution in [0.15, 0.2) is 23.1 Å². The van der Waals surface area contributed by atoms with Crippen LogP contribution in [-0.2, 0) is 20.2 Å². The molecule has 1 unspecified atom stereocenters. The molecular formula is C6H8O6S2. The van der Waals surface area contributed by atoms with Gasteiger partial charge in [-0.15, -0.1) is 0 Å². The minimum Gasteiger partial charge on any atom is -0.285 e. The lowest BCUT2D eigenvalue weighted by Crippen LogP contribution is -2.22. The predicted molar refractivity (Wildman–Crippen MR) is 48.7 cm³/mol. The van der Waals surface area contributed by atoms with Gasteiger partial charge in [0.05, 0.1) is 4.91 Å². The van der Waals surface area contributed by atoms with E-state index in [9.17, 15) is 16.8 Å². The zero-order valence-corrected chi connectivity index (χ0v) is 8.49. The van der Waals surface area contributed by atoms with Gasteiger partial charge in [-0.2, -0.15) is 16.8 Å². The highest BCUT2D eigenvalue weighted by molar-refractivity contribution is 7.90. The molecule has 0 spiro atoms. The first-order chi connectivity index (χ1) is 6.21. The Morgan fingerprint density at radius 1 is 1.21 bits per heavy atom. The van der Waals surface area contributed by atoms with E-state index < -0.39 is 36.8 Å². The van der Waals surface area contributed by atoms with E-state index in [1.54, 1.807) is 0 Å². The smallest absolute Gasteiger partial charge is 0.285 e. The summed E-state index contributed by atoms with van der Waals surface area (Å²) in [6.07, 6.45) is 2.93. The third kappa shape index (κ3) is 2.64. The molecule has 0 amide bonds. The summed E-state index contributed by atoms with van der Waals surface area (Å²) in [6.45, 7) is 0. The lowest BCUT2D eigenvalue weighted by molar-refractivity contribution is 0.472. The number of rotatable bonds is 2. The van der Waals surface area contributed by atoms with Crippen LogP contribution in [0.25, 0.3) is 0 Å². The highest BCUT2D eigenvalue weighted by atomic mass is 32.2. The first-order valence-corrected chi connectivity index (χ1v) is 6.47. The van der Waals surface area contributed by atoms with Crippen LogP contribution >= 0.6 is 0 Å². The second-order valence-electron chi connectivity index (χ2n) is 2.75. The highest BCUT2D eigenvalue weighted by Crippen LogP contribution is 2.21. The SMILES string of the molecule is O=S(=O)(O)C1=CC=CC(S(=O)(=O)O)C1. The molecule has 0 saturated heterocycles. The van der Waals surface area contributed by atoms with Gasteiger partial charge in [0.2, 0.25) is 0 Å². The molecule has 0 aromatic heterocycles. The van der Waals surface area contributed by atoms with Gasteiger partial charge in [-0.1, -0.05) is 12.2 Å². The van der Waals surface area contributed by atoms with Gasteiger partial charge in [-0.3, -0.25) is 9.11 Å². The van der Waals surface area contributed by atoms with Crippen LogP contribution in [0.1, 0.15) is 6.42 Å². The van der Waals surface area contributed by atoms with Crippen molar-refractivity contribution < 1.29 is 25.9 Å². The molecular weight excluding hydrogens is 232 g/mol. The molecule has 1 aliphatic rings. The summed E-state index contributed by atoms with van der Waals surface area (Å²) < 4.78 is 59.9. The van der Waals surface area contributed by atoms with Gasteiger partial charge in [0, 0.05) is 6.42 Å². The first-order valence-electron chi connectivity index (χ1n) is 3.52. The molecule has 1 atom stereocenters. The van der Waals surface area contributed by atoms with Gasteiger partial charge in [-0.05, 0) is 6.08 Å². The molecule has 0 fully saturated rings. The van der Waals surface area contributed by atoms with Crippen LogP contribution in [0.3, 0.4) is 0 Å². The van der Waals surface area contributed by atoms with Crippen molar-refractivity contribution >= 4 is 20.2 Å². The van der Waals surface area contributed by atoms with E-state index in [1.165, 1.54) is 0 Å². The lowest BCUT2D eigenvalue weighted by Gasteiger charge is -2.13. The molecule has 8 heteroatoms. The maximum Gasteiger partial charge on any atom is 0.290 e. The second kappa shape index (κ2) is 3.46. The Hall–Kier alpha value is -0.700. The summed E-state index contributed by atoms with van der Waals surface area (Å²) in [6, 6.07) is 0. The first kappa shape index (κ1) is 11.4. The van der Waals surface area contributed by atoms with Gasteiger partial charge in [-0.25, -0.2) is 0 Å². The Morgan fingerprint density at radius 3 is 2.21 bits per heavy atom. The van der Waals surface area contributed by atoms with Gasteiger partial charge in [0.15, 0.2) is 0 Å². The molecule has 0 aliphatic heterocycles. The minimum absolute atomic E-state index is 0.428. The molecule has 0 heterocycles. The summed E-state index contributed by atoms with van der Waals surface area (Å²) in [4.78, 5) is -0.428. The van der Waals surface area contributed by atoms with Crippen molar-refractivity contribution in [3.63, 3.8) is 0 Å². The second-order valence-corrected chi connectivity index (χ2v) is 5.86. The average Bonchev–Trinajstić information content (AvgIpc) is 2.01. The van der Waals surface area contributed by atoms with E-state index in [2.05, 4.69) is 0 Å². The summed E-state index contributed by atoms with van der Waals surface area (Å²) in [5, 5.41) is -1.32. The Bertz CT molecular complexity index is 480. The molecule has 0 bridgehead atoms. The van der Waals surface area contributed by atoms with Crippen molar-refractivity contribution in [1.82, 2.24) is 0 Å². The van der Waals surface area contributed by atoms with Crippen molar-refractivity contribution in [1.29, 1.82) is 0 Å². The van der Waals surface area contributed by atoms with Crippen LogP contribution in [0.2, 0.25) is 0 Å². The Labute approximate surface area is 81.4 Å². The minimum atomic E-state index is -4.38. The summed E-state index contributed by atoms with van der Waals surface area (Å²) >= 11 is 0. The maximum absolute atomic E-state index is 10.7. The molecule has 80 valence electrons. The van der Waals surface area contributed by atoms with Crippen LogP contribution in [0.5, 0.6) is 0 Å². The van der Waals surface area contributed by atoms with Crippen molar-refractivity contribution in [3.8, 4) is 0 Å². The fourth-order valence-electron chi connectivity index (χ4n) is 1.02. The van der Waals surface area contributed by atoms with Crippen LogP contribution in [0, 0.1) is 0 Å². The van der Waals surface area contributed by atoms with Crippen LogP contribution in [-0.4, -0.2) is 31.2 Å². The van der Waals surface area contributed by atoms with Gasteiger partial charge < -0.3 is 0 Å². The molecule has 1 aliphatic carbocycles. The van der Waals surface area contributed by atoms with Crippen molar-refractivity contribution in [2.75, 3.05) is 0 Å². The molecule has 0 radical (unpaired) electrons. The van der Waals surface area contributed by atoms with Crippen molar-refractivity contribution in [2.24, 2.45) is 0 Å². The summed E-state index contributed by atoms with van der Waals surface area (Å²) in [5.41, 5.74) is 0. The average molecular weight is 240 g/mol. The summed E-state index contributed by atoms with van der Waals surface area (Å²) in [5.74, 6) is 0. The topological polar surface area (TPSA) is 109 Å². The largest absolute Gasteiger partial charge is 0.290 e. The molecule has 6 nitrogen and oxygen atoms in total. The number of hydrogen-bond donors (Lipinski definition) is 2. The molecule has 0 saturated carbocycles. The monoisotopic (exact) mass is 240 g/mol. The van der Waals surface area contributed by atoms with E-state index in [4.69, 9.17) is 9.11 Å². The Balaban J connectivity index is 3.03. The van der Waals surface area contributed by atoms with Crippen LogP contribution in [0.4, 0.5) is 0 Å².